The van der Waals surface area contributed by atoms with Crippen LogP contribution in [0.2, 0.25) is 0 Å². The maximum Gasteiger partial charge on any atom is 0.408 e. The predicted molar refractivity (Wildman–Crippen MR) is 174 cm³/mol. The van der Waals surface area contributed by atoms with Crippen LogP contribution in [0.3, 0.4) is 0 Å². The molecule has 0 bridgehead atoms. The molecule has 3 N–H and O–H groups in total. The summed E-state index contributed by atoms with van der Waals surface area (Å²) in [5.41, 5.74) is 0.808. The maximum absolute atomic E-state index is 14.6. The minimum atomic E-state index is -1.23. The Bertz CT molecular complexity index is 1240. The number of esters is 1. The van der Waals surface area contributed by atoms with Crippen molar-refractivity contribution in [3.8, 4) is 5.75 Å². The molecule has 3 amide bonds. The molecule has 0 fully saturated rings. The van der Waals surface area contributed by atoms with Gasteiger partial charge in [0, 0.05) is 25.1 Å². The number of para-hydroxylation sites is 1. The average molecular weight is 626 g/mol. The molecule has 0 heterocycles. The van der Waals surface area contributed by atoms with Gasteiger partial charge in [0.05, 0.1) is 13.0 Å². The Balaban J connectivity index is 2.56. The van der Waals surface area contributed by atoms with E-state index in [0.29, 0.717) is 12.0 Å². The lowest BCUT2D eigenvalue weighted by Crippen LogP contribution is -2.54. The number of aromatic hydroxyl groups is 1. The van der Waals surface area contributed by atoms with E-state index >= 15 is 0 Å². The summed E-state index contributed by atoms with van der Waals surface area (Å²) in [6, 6.07) is 12.0. The number of carbonyl (C=O) groups is 4. The number of nitrogens with one attached hydrogen (secondary N) is 2. The zero-order chi connectivity index (χ0) is 33.4. The lowest BCUT2D eigenvalue weighted by Gasteiger charge is -2.35. The van der Waals surface area contributed by atoms with Crippen molar-refractivity contribution >= 4 is 23.9 Å². The van der Waals surface area contributed by atoms with Gasteiger partial charge >= 0.3 is 12.1 Å². The molecule has 0 spiro atoms. The van der Waals surface area contributed by atoms with E-state index in [2.05, 4.69) is 17.6 Å². The van der Waals surface area contributed by atoms with Crippen molar-refractivity contribution in [2.45, 2.75) is 104 Å². The number of unbranched alkanes of at least 4 members (excludes halogenated alkanes) is 4. The topological polar surface area (TPSA) is 134 Å². The summed E-state index contributed by atoms with van der Waals surface area (Å²) in [7, 11) is 0. The van der Waals surface area contributed by atoms with Crippen molar-refractivity contribution in [1.29, 1.82) is 0 Å². The first-order valence-electron chi connectivity index (χ1n) is 15.9. The normalized spacial score (nSPS) is 12.5. The monoisotopic (exact) mass is 625 g/mol. The van der Waals surface area contributed by atoms with Crippen LogP contribution in [0.15, 0.2) is 48.5 Å². The Labute approximate surface area is 267 Å². The summed E-state index contributed by atoms with van der Waals surface area (Å²) in [6.07, 6.45) is 3.84. The summed E-state index contributed by atoms with van der Waals surface area (Å²) in [6.45, 7) is 11.2. The van der Waals surface area contributed by atoms with E-state index in [1.165, 1.54) is 4.90 Å². The van der Waals surface area contributed by atoms with Crippen LogP contribution in [-0.2, 0) is 30.3 Å². The van der Waals surface area contributed by atoms with E-state index in [4.69, 9.17) is 9.47 Å². The molecule has 0 saturated carbocycles. The Kier molecular flexibility index (Phi) is 15.4. The van der Waals surface area contributed by atoms with Crippen LogP contribution >= 0.6 is 0 Å². The fourth-order valence-electron chi connectivity index (χ4n) is 4.92. The van der Waals surface area contributed by atoms with Gasteiger partial charge in [0.15, 0.2) is 0 Å². The van der Waals surface area contributed by atoms with Crippen molar-refractivity contribution in [2.24, 2.45) is 0 Å². The van der Waals surface area contributed by atoms with E-state index in [0.717, 1.165) is 31.2 Å². The van der Waals surface area contributed by atoms with Gasteiger partial charge in [-0.05, 0) is 52.2 Å². The third-order valence-electron chi connectivity index (χ3n) is 7.11. The molecular weight excluding hydrogens is 574 g/mol. The quantitative estimate of drug-likeness (QED) is 0.151. The molecular formula is C35H51N3O7. The van der Waals surface area contributed by atoms with Crippen LogP contribution < -0.4 is 10.6 Å². The van der Waals surface area contributed by atoms with Crippen molar-refractivity contribution in [3.05, 3.63) is 65.2 Å². The van der Waals surface area contributed by atoms with Gasteiger partial charge in [-0.3, -0.25) is 14.4 Å². The van der Waals surface area contributed by atoms with Crippen molar-refractivity contribution in [3.63, 3.8) is 0 Å². The third kappa shape index (κ3) is 12.8. The molecule has 2 unspecified atom stereocenters. The van der Waals surface area contributed by atoms with Crippen LogP contribution in [0, 0.1) is 6.92 Å². The first-order valence-corrected chi connectivity index (χ1v) is 15.9. The van der Waals surface area contributed by atoms with E-state index in [1.54, 1.807) is 52.8 Å². The summed E-state index contributed by atoms with van der Waals surface area (Å²) in [5, 5.41) is 16.7. The van der Waals surface area contributed by atoms with Gasteiger partial charge in [0.25, 0.3) is 0 Å². The van der Waals surface area contributed by atoms with Crippen molar-refractivity contribution < 1.29 is 33.8 Å². The van der Waals surface area contributed by atoms with Crippen molar-refractivity contribution in [2.75, 3.05) is 19.7 Å². The molecule has 0 saturated heterocycles. The molecule has 10 nitrogen and oxygen atoms in total. The molecule has 248 valence electrons. The highest BCUT2D eigenvalue weighted by Crippen LogP contribution is 2.33. The first-order chi connectivity index (χ1) is 21.4. The number of ether oxygens (including phenoxy) is 2. The molecule has 0 aliphatic carbocycles. The second kappa shape index (κ2) is 18.7. The van der Waals surface area contributed by atoms with E-state index < -0.39 is 41.6 Å². The lowest BCUT2D eigenvalue weighted by atomic mass is 9.97. The summed E-state index contributed by atoms with van der Waals surface area (Å²) >= 11 is 0. The van der Waals surface area contributed by atoms with Crippen LogP contribution in [0.5, 0.6) is 5.75 Å². The first kappa shape index (κ1) is 37.1. The molecule has 0 aliphatic rings. The Hall–Kier alpha value is -4.08. The minimum absolute atomic E-state index is 0.0110. The zero-order valence-corrected chi connectivity index (χ0v) is 27.7. The molecule has 2 rings (SSSR count). The van der Waals surface area contributed by atoms with Gasteiger partial charge in [0.2, 0.25) is 11.8 Å². The Morgan fingerprint density at radius 2 is 1.62 bits per heavy atom. The number of nitrogens with zero attached hydrogens (tertiary/aromatic N) is 1. The molecule has 0 aliphatic heterocycles. The largest absolute Gasteiger partial charge is 0.507 e. The number of aryl methyl sites for hydroxylation is 1. The highest BCUT2D eigenvalue weighted by atomic mass is 16.6. The molecule has 2 atom stereocenters. The number of carbonyl (C=O) groups excluding carboxylic acids is 4. The number of phenols is 1. The number of phenolic OH excluding ortho intramolecular Hbond substituents is 1. The summed E-state index contributed by atoms with van der Waals surface area (Å²) in [5.74, 6) is -1.61. The maximum atomic E-state index is 14.6. The van der Waals surface area contributed by atoms with Gasteiger partial charge in [-0.1, -0.05) is 81.1 Å². The zero-order valence-electron chi connectivity index (χ0n) is 27.7. The summed E-state index contributed by atoms with van der Waals surface area (Å²) < 4.78 is 10.5. The number of hydrogen-bond acceptors (Lipinski definition) is 7. The molecule has 0 aromatic heterocycles. The minimum Gasteiger partial charge on any atom is -0.507 e. The second-order valence-corrected chi connectivity index (χ2v) is 12.1. The van der Waals surface area contributed by atoms with Gasteiger partial charge in [-0.15, -0.1) is 0 Å². The van der Waals surface area contributed by atoms with Crippen LogP contribution in [-0.4, -0.2) is 65.2 Å². The van der Waals surface area contributed by atoms with Gasteiger partial charge in [-0.25, -0.2) is 4.79 Å². The molecule has 45 heavy (non-hydrogen) atoms. The summed E-state index contributed by atoms with van der Waals surface area (Å²) in [4.78, 5) is 54.9. The van der Waals surface area contributed by atoms with E-state index in [1.807, 2.05) is 30.3 Å². The number of amides is 3. The number of alkyl carbamates (subject to hydrolysis) is 1. The SMILES string of the molecule is CCCCCCCN(C(=O)C(Cc1ccccc1)NC(=O)OC(C)(C)C)C(C(=O)NCCC(=O)OCC)c1cccc(C)c1O. The third-order valence-corrected chi connectivity index (χ3v) is 7.11. The molecule has 0 radical (unpaired) electrons. The second-order valence-electron chi connectivity index (χ2n) is 12.1. The van der Waals surface area contributed by atoms with Crippen LogP contribution in [0.4, 0.5) is 4.79 Å². The number of hydrogen-bond donors (Lipinski definition) is 3. The van der Waals surface area contributed by atoms with E-state index in [-0.39, 0.29) is 43.9 Å². The number of rotatable bonds is 17. The van der Waals surface area contributed by atoms with Gasteiger partial charge < -0.3 is 30.1 Å². The molecule has 10 heteroatoms. The average Bonchev–Trinajstić information content (AvgIpc) is 2.97. The van der Waals surface area contributed by atoms with Crippen molar-refractivity contribution in [1.82, 2.24) is 15.5 Å². The highest BCUT2D eigenvalue weighted by molar-refractivity contribution is 5.93. The van der Waals surface area contributed by atoms with Crippen LogP contribution in [0.25, 0.3) is 0 Å². The standard InChI is InChI=1S/C35H51N3O7/c1-7-9-10-11-15-23-38(33(42)28(24-26-18-13-12-14-19-26)37-34(43)45-35(4,5)6)30(27-20-16-17-25(3)31(27)40)32(41)36-22-21-29(39)44-8-2/h12-14,16-20,28,30,40H,7-11,15,21-24H2,1-6H3,(H,36,41)(H,37,43). The predicted octanol–water partition coefficient (Wildman–Crippen LogP) is 5.75. The molecule has 2 aromatic rings. The number of benzene rings is 2. The highest BCUT2D eigenvalue weighted by Gasteiger charge is 2.37. The van der Waals surface area contributed by atoms with Gasteiger partial charge in [-0.2, -0.15) is 0 Å². The molecule has 2 aromatic carbocycles. The smallest absolute Gasteiger partial charge is 0.408 e. The Morgan fingerprint density at radius 1 is 0.933 bits per heavy atom. The fraction of sp³-hybridized carbons (Fsp3) is 0.543. The van der Waals surface area contributed by atoms with Gasteiger partial charge in [0.1, 0.15) is 23.4 Å². The fourth-order valence-corrected chi connectivity index (χ4v) is 4.92. The Morgan fingerprint density at radius 3 is 2.27 bits per heavy atom. The van der Waals surface area contributed by atoms with E-state index in [9.17, 15) is 24.3 Å². The lowest BCUT2D eigenvalue weighted by molar-refractivity contribution is -0.144. The van der Waals surface area contributed by atoms with Crippen LogP contribution in [0.1, 0.15) is 95.9 Å².